The van der Waals surface area contributed by atoms with E-state index in [2.05, 4.69) is 15.9 Å². The summed E-state index contributed by atoms with van der Waals surface area (Å²) in [5, 5.41) is 0.558. The van der Waals surface area contributed by atoms with E-state index in [9.17, 15) is 8.78 Å². The summed E-state index contributed by atoms with van der Waals surface area (Å²) in [6.45, 7) is 0. The second-order valence-electron chi connectivity index (χ2n) is 3.42. The van der Waals surface area contributed by atoms with Gasteiger partial charge in [0.25, 0.3) is 0 Å². The van der Waals surface area contributed by atoms with Crippen LogP contribution in [0.1, 0.15) is 16.5 Å². The third kappa shape index (κ3) is 2.68. The van der Waals surface area contributed by atoms with Gasteiger partial charge in [-0.3, -0.25) is 0 Å². The molecule has 17 heavy (non-hydrogen) atoms. The zero-order chi connectivity index (χ0) is 12.6. The van der Waals surface area contributed by atoms with Crippen LogP contribution in [0.5, 0.6) is 0 Å². The molecular formula is C11H7BrClF2NS. The second kappa shape index (κ2) is 5.02. The Balaban J connectivity index is 2.36. The molecule has 90 valence electrons. The lowest BCUT2D eigenvalue weighted by atomic mass is 10.1. The number of benzene rings is 1. The van der Waals surface area contributed by atoms with E-state index < -0.39 is 17.7 Å². The van der Waals surface area contributed by atoms with E-state index in [4.69, 9.17) is 17.3 Å². The molecule has 0 aliphatic rings. The van der Waals surface area contributed by atoms with Gasteiger partial charge in [0.15, 0.2) is 11.6 Å². The number of rotatable bonds is 2. The molecule has 1 aromatic heterocycles. The van der Waals surface area contributed by atoms with Gasteiger partial charge in [0.2, 0.25) is 0 Å². The van der Waals surface area contributed by atoms with Gasteiger partial charge in [-0.15, -0.1) is 11.3 Å². The van der Waals surface area contributed by atoms with Crippen LogP contribution in [0.15, 0.2) is 28.1 Å². The van der Waals surface area contributed by atoms with E-state index >= 15 is 0 Å². The van der Waals surface area contributed by atoms with Crippen molar-refractivity contribution in [1.29, 1.82) is 0 Å². The Morgan fingerprint density at radius 1 is 1.24 bits per heavy atom. The zero-order valence-corrected chi connectivity index (χ0v) is 11.5. The van der Waals surface area contributed by atoms with Gasteiger partial charge in [0, 0.05) is 4.88 Å². The summed E-state index contributed by atoms with van der Waals surface area (Å²) in [5.41, 5.74) is 6.47. The van der Waals surface area contributed by atoms with Gasteiger partial charge in [0.1, 0.15) is 0 Å². The maximum atomic E-state index is 13.1. The lowest BCUT2D eigenvalue weighted by Crippen LogP contribution is -2.10. The SMILES string of the molecule is NC(c1ccc(F)c(F)c1)c1cc(Cl)c(Br)s1. The molecule has 0 radical (unpaired) electrons. The lowest BCUT2D eigenvalue weighted by molar-refractivity contribution is 0.506. The quantitative estimate of drug-likeness (QED) is 0.858. The molecule has 6 heteroatoms. The molecule has 1 aromatic carbocycles. The van der Waals surface area contributed by atoms with E-state index in [1.807, 2.05) is 0 Å². The molecule has 0 spiro atoms. The Hall–Kier alpha value is -0.490. The first-order valence-electron chi connectivity index (χ1n) is 4.64. The normalized spacial score (nSPS) is 12.8. The lowest BCUT2D eigenvalue weighted by Gasteiger charge is -2.09. The van der Waals surface area contributed by atoms with Crippen molar-refractivity contribution in [3.8, 4) is 0 Å². The highest BCUT2D eigenvalue weighted by Gasteiger charge is 2.15. The van der Waals surface area contributed by atoms with E-state index in [-0.39, 0.29) is 0 Å². The van der Waals surface area contributed by atoms with E-state index in [1.54, 1.807) is 6.07 Å². The largest absolute Gasteiger partial charge is 0.320 e. The summed E-state index contributed by atoms with van der Waals surface area (Å²) in [6, 6.07) is 4.82. The molecule has 1 nitrogen and oxygen atoms in total. The molecule has 0 amide bonds. The van der Waals surface area contributed by atoms with Crippen molar-refractivity contribution in [2.24, 2.45) is 5.73 Å². The van der Waals surface area contributed by atoms with Crippen LogP contribution >= 0.6 is 38.9 Å². The minimum absolute atomic E-state index is 0.509. The van der Waals surface area contributed by atoms with E-state index in [1.165, 1.54) is 17.4 Å². The number of thiophene rings is 1. The van der Waals surface area contributed by atoms with Crippen LogP contribution in [0.4, 0.5) is 8.78 Å². The molecule has 1 atom stereocenters. The van der Waals surface area contributed by atoms with Crippen molar-refractivity contribution < 1.29 is 8.78 Å². The highest BCUT2D eigenvalue weighted by Crippen LogP contribution is 2.36. The van der Waals surface area contributed by atoms with Gasteiger partial charge >= 0.3 is 0 Å². The molecule has 1 heterocycles. The standard InChI is InChI=1S/C11H7BrClF2NS/c12-11-6(13)4-9(17-11)10(16)5-1-2-7(14)8(15)3-5/h1-4,10H,16H2. The van der Waals surface area contributed by atoms with Crippen molar-refractivity contribution >= 4 is 38.9 Å². The topological polar surface area (TPSA) is 26.0 Å². The average Bonchev–Trinajstić information content (AvgIpc) is 2.62. The average molecular weight is 339 g/mol. The minimum atomic E-state index is -0.903. The van der Waals surface area contributed by atoms with Gasteiger partial charge in [-0.05, 0) is 39.7 Å². The summed E-state index contributed by atoms with van der Waals surface area (Å²) >= 11 is 10.5. The first-order chi connectivity index (χ1) is 7.99. The fraction of sp³-hybridized carbons (Fsp3) is 0.0909. The van der Waals surface area contributed by atoms with Gasteiger partial charge in [-0.25, -0.2) is 8.78 Å². The molecule has 0 saturated heterocycles. The summed E-state index contributed by atoms with van der Waals surface area (Å²) < 4.78 is 26.6. The smallest absolute Gasteiger partial charge is 0.159 e. The van der Waals surface area contributed by atoms with Crippen LogP contribution in [0.2, 0.25) is 5.02 Å². The first kappa shape index (κ1) is 13.0. The van der Waals surface area contributed by atoms with Crippen molar-refractivity contribution in [1.82, 2.24) is 0 Å². The maximum absolute atomic E-state index is 13.1. The zero-order valence-electron chi connectivity index (χ0n) is 8.38. The number of nitrogens with two attached hydrogens (primary N) is 1. The number of halogens is 4. The molecule has 0 aliphatic carbocycles. The first-order valence-corrected chi connectivity index (χ1v) is 6.63. The summed E-state index contributed by atoms with van der Waals surface area (Å²) in [6.07, 6.45) is 0. The highest BCUT2D eigenvalue weighted by molar-refractivity contribution is 9.11. The van der Waals surface area contributed by atoms with E-state index in [0.717, 1.165) is 20.8 Å². The van der Waals surface area contributed by atoms with Crippen LogP contribution in [-0.4, -0.2) is 0 Å². The number of hydrogen-bond acceptors (Lipinski definition) is 2. The number of hydrogen-bond donors (Lipinski definition) is 1. The third-order valence-corrected chi connectivity index (χ3v) is 4.83. The summed E-state index contributed by atoms with van der Waals surface area (Å²) in [7, 11) is 0. The van der Waals surface area contributed by atoms with Gasteiger partial charge in [-0.1, -0.05) is 17.7 Å². The van der Waals surface area contributed by atoms with Crippen LogP contribution in [0.3, 0.4) is 0 Å². The van der Waals surface area contributed by atoms with Crippen molar-refractivity contribution in [2.45, 2.75) is 6.04 Å². The molecule has 2 aromatic rings. The van der Waals surface area contributed by atoms with Gasteiger partial charge < -0.3 is 5.73 Å². The molecule has 0 saturated carbocycles. The van der Waals surface area contributed by atoms with E-state index in [0.29, 0.717) is 10.6 Å². The fourth-order valence-corrected chi connectivity index (χ4v) is 3.16. The molecule has 1 unspecified atom stereocenters. The van der Waals surface area contributed by atoms with Gasteiger partial charge in [0.05, 0.1) is 14.9 Å². The Morgan fingerprint density at radius 3 is 2.47 bits per heavy atom. The Morgan fingerprint density at radius 2 is 1.94 bits per heavy atom. The summed E-state index contributed by atoms with van der Waals surface area (Å²) in [4.78, 5) is 0.785. The van der Waals surface area contributed by atoms with Crippen LogP contribution in [0.25, 0.3) is 0 Å². The molecule has 0 aliphatic heterocycles. The fourth-order valence-electron chi connectivity index (χ4n) is 1.39. The van der Waals surface area contributed by atoms with Crippen LogP contribution < -0.4 is 5.73 Å². The Bertz CT molecular complexity index is 539. The maximum Gasteiger partial charge on any atom is 0.159 e. The van der Waals surface area contributed by atoms with Crippen molar-refractivity contribution in [2.75, 3.05) is 0 Å². The molecule has 2 rings (SSSR count). The second-order valence-corrected chi connectivity index (χ2v) is 6.23. The molecule has 2 N–H and O–H groups in total. The molecular weight excluding hydrogens is 332 g/mol. The third-order valence-electron chi connectivity index (χ3n) is 2.27. The minimum Gasteiger partial charge on any atom is -0.320 e. The van der Waals surface area contributed by atoms with Crippen molar-refractivity contribution in [3.63, 3.8) is 0 Å². The van der Waals surface area contributed by atoms with Crippen molar-refractivity contribution in [3.05, 3.63) is 55.1 Å². The highest BCUT2D eigenvalue weighted by atomic mass is 79.9. The Kier molecular flexibility index (Phi) is 3.82. The van der Waals surface area contributed by atoms with Gasteiger partial charge in [-0.2, -0.15) is 0 Å². The predicted octanol–water partition coefficient (Wildman–Crippen LogP) is 4.49. The van der Waals surface area contributed by atoms with Crippen LogP contribution in [0, 0.1) is 11.6 Å². The monoisotopic (exact) mass is 337 g/mol. The summed E-state index contributed by atoms with van der Waals surface area (Å²) in [5.74, 6) is -1.79. The molecule has 0 bridgehead atoms. The molecule has 0 fully saturated rings. The predicted molar refractivity (Wildman–Crippen MR) is 69.4 cm³/mol. The van der Waals surface area contributed by atoms with Crippen LogP contribution in [-0.2, 0) is 0 Å². The Labute approximate surface area is 114 Å².